The Balaban J connectivity index is 1.89. The van der Waals surface area contributed by atoms with Gasteiger partial charge in [0.2, 0.25) is 17.6 Å². The van der Waals surface area contributed by atoms with Crippen LogP contribution in [-0.4, -0.2) is 83.6 Å². The fourth-order valence-electron chi connectivity index (χ4n) is 7.38. The molecule has 1 aliphatic carbocycles. The van der Waals surface area contributed by atoms with Gasteiger partial charge in [0.25, 0.3) is 5.91 Å². The number of amides is 5. The maximum Gasteiger partial charge on any atom is 0.315 e. The van der Waals surface area contributed by atoms with Crippen LogP contribution >= 0.6 is 0 Å². The highest BCUT2D eigenvalue weighted by Crippen LogP contribution is 2.34. The van der Waals surface area contributed by atoms with Gasteiger partial charge >= 0.3 is 6.03 Å². The van der Waals surface area contributed by atoms with E-state index in [1.807, 2.05) is 13.8 Å². The summed E-state index contributed by atoms with van der Waals surface area (Å²) in [5, 5.41) is 8.68. The molecule has 2 heterocycles. The third-order valence-corrected chi connectivity index (χ3v) is 13.2. The van der Waals surface area contributed by atoms with Crippen LogP contribution in [0.3, 0.4) is 0 Å². The summed E-state index contributed by atoms with van der Waals surface area (Å²) < 4.78 is 25.6. The van der Waals surface area contributed by atoms with Crippen LogP contribution < -0.4 is 21.7 Å². The third-order valence-electron chi connectivity index (χ3n) is 10.4. The second kappa shape index (κ2) is 16.6. The summed E-state index contributed by atoms with van der Waals surface area (Å²) in [5.41, 5.74) is 4.39. The van der Waals surface area contributed by atoms with Crippen LogP contribution in [0.2, 0.25) is 0 Å². The minimum Gasteiger partial charge on any atom is -0.363 e. The molecule has 1 saturated carbocycles. The first-order valence-corrected chi connectivity index (χ1v) is 19.4. The number of primary amides is 1. The van der Waals surface area contributed by atoms with Crippen molar-refractivity contribution in [3.05, 3.63) is 0 Å². The Kier molecular flexibility index (Phi) is 13.7. The Hall–Kier alpha value is -2.70. The fraction of sp³-hybridized carbons (Fsp3) is 0.853. The Morgan fingerprint density at radius 2 is 1.47 bits per heavy atom. The zero-order valence-electron chi connectivity index (χ0n) is 29.2. The standard InChI is InChI=1S/C34H59N5O7S/c1-23(2)24-18-21-39-27(24)30(42)36-25(28(40)29(35)41)16-12-9-7-6-8-10-13-17-26(31(39)43)37-32(44)38-34(19-14-11-15-20-34)22-47(45,46)33(3,4)5/h23-27H,6-22H2,1-5H3,(H2,35,41)(H,36,42)(H2,37,38,44)/t24-,25+,26+,27+/m1/s1. The molecule has 268 valence electrons. The average Bonchev–Trinajstić information content (AvgIpc) is 3.43. The molecule has 0 aromatic heterocycles. The van der Waals surface area contributed by atoms with Crippen molar-refractivity contribution in [2.24, 2.45) is 17.6 Å². The van der Waals surface area contributed by atoms with Gasteiger partial charge in [-0.15, -0.1) is 0 Å². The summed E-state index contributed by atoms with van der Waals surface area (Å²) in [6.45, 7) is 9.26. The van der Waals surface area contributed by atoms with Gasteiger partial charge in [0.05, 0.1) is 22.1 Å². The number of hydrogen-bond acceptors (Lipinski definition) is 7. The summed E-state index contributed by atoms with van der Waals surface area (Å²) in [5.74, 6) is -3.16. The van der Waals surface area contributed by atoms with Gasteiger partial charge in [0.1, 0.15) is 12.1 Å². The lowest BCUT2D eigenvalue weighted by molar-refractivity contribution is -0.143. The molecule has 3 aliphatic rings. The largest absolute Gasteiger partial charge is 0.363 e. The summed E-state index contributed by atoms with van der Waals surface area (Å²) in [4.78, 5) is 67.9. The summed E-state index contributed by atoms with van der Waals surface area (Å²) in [6, 6.07) is -3.45. The van der Waals surface area contributed by atoms with Crippen molar-refractivity contribution in [1.29, 1.82) is 0 Å². The molecule has 2 saturated heterocycles. The Labute approximate surface area is 281 Å². The molecule has 13 heteroatoms. The van der Waals surface area contributed by atoms with Crippen LogP contribution in [0.5, 0.6) is 0 Å². The molecular weight excluding hydrogens is 622 g/mol. The predicted octanol–water partition coefficient (Wildman–Crippen LogP) is 3.51. The van der Waals surface area contributed by atoms with Crippen molar-refractivity contribution >= 4 is 39.4 Å². The Bertz CT molecular complexity index is 1240. The molecule has 3 rings (SSSR count). The predicted molar refractivity (Wildman–Crippen MR) is 181 cm³/mol. The first kappa shape index (κ1) is 38.7. The quantitative estimate of drug-likeness (QED) is 0.296. The lowest BCUT2D eigenvalue weighted by Crippen LogP contribution is -2.61. The van der Waals surface area contributed by atoms with E-state index < -0.39 is 61.9 Å². The van der Waals surface area contributed by atoms with Gasteiger partial charge in [-0.3, -0.25) is 19.2 Å². The Morgan fingerprint density at radius 3 is 2.02 bits per heavy atom. The molecule has 5 amide bonds. The monoisotopic (exact) mass is 681 g/mol. The van der Waals surface area contributed by atoms with Crippen LogP contribution in [0.1, 0.15) is 131 Å². The zero-order valence-corrected chi connectivity index (χ0v) is 30.0. The highest BCUT2D eigenvalue weighted by Gasteiger charge is 2.47. The van der Waals surface area contributed by atoms with Crippen LogP contribution in [0.15, 0.2) is 0 Å². The van der Waals surface area contributed by atoms with E-state index in [1.54, 1.807) is 20.8 Å². The number of urea groups is 1. The van der Waals surface area contributed by atoms with Gasteiger partial charge in [-0.05, 0) is 64.7 Å². The third kappa shape index (κ3) is 10.4. The van der Waals surface area contributed by atoms with E-state index in [-0.39, 0.29) is 29.9 Å². The molecule has 5 N–H and O–H groups in total. The number of sulfone groups is 1. The number of carbonyl (C=O) groups is 5. The molecule has 0 radical (unpaired) electrons. The number of carbonyl (C=O) groups excluding carboxylic acids is 5. The minimum atomic E-state index is -3.55. The van der Waals surface area contributed by atoms with Crippen molar-refractivity contribution in [3.8, 4) is 0 Å². The molecule has 2 aliphatic heterocycles. The van der Waals surface area contributed by atoms with Crippen LogP contribution in [0.4, 0.5) is 4.79 Å². The maximum atomic E-state index is 14.3. The number of Topliss-reactive ketones (excluding diaryl/α,β-unsaturated/α-hetero) is 1. The lowest BCUT2D eigenvalue weighted by atomic mass is 9.83. The van der Waals surface area contributed by atoms with E-state index in [1.165, 1.54) is 4.90 Å². The molecule has 0 unspecified atom stereocenters. The Morgan fingerprint density at radius 1 is 0.915 bits per heavy atom. The molecule has 0 aromatic carbocycles. The van der Waals surface area contributed by atoms with Gasteiger partial charge in [-0.2, -0.15) is 0 Å². The summed E-state index contributed by atoms with van der Waals surface area (Å²) in [6.07, 6.45) is 10.8. The average molecular weight is 682 g/mol. The first-order chi connectivity index (χ1) is 22.0. The van der Waals surface area contributed by atoms with Crippen LogP contribution in [-0.2, 0) is 29.0 Å². The lowest BCUT2D eigenvalue weighted by Gasteiger charge is -2.40. The maximum absolute atomic E-state index is 14.3. The number of hydrogen-bond donors (Lipinski definition) is 4. The first-order valence-electron chi connectivity index (χ1n) is 17.7. The summed E-state index contributed by atoms with van der Waals surface area (Å²) in [7, 11) is -3.55. The van der Waals surface area contributed by atoms with Crippen molar-refractivity contribution in [2.45, 2.75) is 159 Å². The smallest absolute Gasteiger partial charge is 0.315 e. The zero-order chi connectivity index (χ0) is 35.0. The van der Waals surface area contributed by atoms with Crippen molar-refractivity contribution in [2.75, 3.05) is 12.3 Å². The number of rotatable bonds is 7. The molecule has 47 heavy (non-hydrogen) atoms. The van der Waals surface area contributed by atoms with Gasteiger partial charge in [-0.25, -0.2) is 13.2 Å². The van der Waals surface area contributed by atoms with Crippen LogP contribution in [0.25, 0.3) is 0 Å². The number of ketones is 1. The van der Waals surface area contributed by atoms with Crippen molar-refractivity contribution in [1.82, 2.24) is 20.9 Å². The molecule has 12 nitrogen and oxygen atoms in total. The number of fused-ring (bicyclic) bond motifs is 1. The van der Waals surface area contributed by atoms with Gasteiger partial charge < -0.3 is 26.6 Å². The summed E-state index contributed by atoms with van der Waals surface area (Å²) >= 11 is 0. The fourth-order valence-corrected chi connectivity index (χ4v) is 8.90. The van der Waals surface area contributed by atoms with Crippen molar-refractivity contribution < 1.29 is 32.4 Å². The number of nitrogens with zero attached hydrogens (tertiary/aromatic N) is 1. The molecule has 3 fully saturated rings. The molecule has 4 atom stereocenters. The van der Waals surface area contributed by atoms with E-state index in [9.17, 15) is 32.4 Å². The second-order valence-electron chi connectivity index (χ2n) is 15.4. The van der Waals surface area contributed by atoms with Crippen LogP contribution in [0, 0.1) is 11.8 Å². The van der Waals surface area contributed by atoms with E-state index in [0.29, 0.717) is 45.1 Å². The molecule has 0 aromatic rings. The molecular formula is C34H59N5O7S. The van der Waals surface area contributed by atoms with E-state index in [2.05, 4.69) is 16.0 Å². The highest BCUT2D eigenvalue weighted by molar-refractivity contribution is 7.92. The van der Waals surface area contributed by atoms with E-state index >= 15 is 0 Å². The highest BCUT2D eigenvalue weighted by atomic mass is 32.2. The SMILES string of the molecule is CC(C)[C@H]1CCN2C(=O)[C@@H](NC(=O)NC3(CS(=O)(=O)C(C)(C)C)CCCCC3)CCCCCCCCC[C@@H](C(=O)C(N)=O)NC(=O)[C@H]12. The number of nitrogens with two attached hydrogens (primary N) is 1. The second-order valence-corrected chi connectivity index (χ2v) is 18.1. The van der Waals surface area contributed by atoms with E-state index in [4.69, 9.17) is 5.73 Å². The van der Waals surface area contributed by atoms with E-state index in [0.717, 1.165) is 51.4 Å². The number of nitrogens with one attached hydrogen (secondary N) is 3. The van der Waals surface area contributed by atoms with Gasteiger partial charge in [0, 0.05) is 6.54 Å². The minimum absolute atomic E-state index is 0.0464. The molecule has 0 spiro atoms. The normalized spacial score (nSPS) is 27.1. The van der Waals surface area contributed by atoms with Gasteiger partial charge in [0.15, 0.2) is 9.84 Å². The topological polar surface area (TPSA) is 185 Å². The van der Waals surface area contributed by atoms with Gasteiger partial charge in [-0.1, -0.05) is 78.1 Å². The molecule has 0 bridgehead atoms. The van der Waals surface area contributed by atoms with Crippen molar-refractivity contribution in [3.63, 3.8) is 0 Å².